The minimum absolute atomic E-state index is 0.00767. The molecule has 7 nitrogen and oxygen atoms in total. The number of likely N-dealkylation sites (N-methyl/N-ethyl adjacent to an activating group) is 1. The first-order valence-electron chi connectivity index (χ1n) is 6.59. The first kappa shape index (κ1) is 15.0. The van der Waals surface area contributed by atoms with Crippen molar-refractivity contribution in [1.29, 1.82) is 0 Å². The average Bonchev–Trinajstić information content (AvgIpc) is 2.66. The molecule has 0 N–H and O–H groups in total. The normalized spacial score (nSPS) is 20.2. The highest BCUT2D eigenvalue weighted by atomic mass is 16.6. The third-order valence-corrected chi connectivity index (χ3v) is 3.39. The molecule has 1 heterocycles. The summed E-state index contributed by atoms with van der Waals surface area (Å²) in [5, 5.41) is 10.7. The Bertz CT molecular complexity index is 625. The van der Waals surface area contributed by atoms with Crippen LogP contribution in [0.3, 0.4) is 0 Å². The number of benzene rings is 1. The third-order valence-electron chi connectivity index (χ3n) is 3.39. The van der Waals surface area contributed by atoms with E-state index in [2.05, 4.69) is 4.99 Å². The molecule has 0 radical (unpaired) electrons. The van der Waals surface area contributed by atoms with E-state index in [-0.39, 0.29) is 29.6 Å². The van der Waals surface area contributed by atoms with Crippen molar-refractivity contribution in [3.63, 3.8) is 0 Å². The van der Waals surface area contributed by atoms with Crippen molar-refractivity contribution >= 4 is 23.4 Å². The summed E-state index contributed by atoms with van der Waals surface area (Å²) in [6, 6.07) is 4.22. The molecule has 1 atom stereocenters. The van der Waals surface area contributed by atoms with Crippen LogP contribution in [-0.2, 0) is 9.53 Å². The first-order valence-corrected chi connectivity index (χ1v) is 6.59. The number of hydrogen-bond donors (Lipinski definition) is 0. The molecule has 1 aromatic rings. The number of carbonyl (C=O) groups excluding carboxylic acids is 1. The molecule has 21 heavy (non-hydrogen) atoms. The molecule has 1 saturated heterocycles. The zero-order chi connectivity index (χ0) is 15.7. The Labute approximate surface area is 122 Å². The standard InChI is InChI=1S/C14H17N3O4/c1-8(2)12-13(18)21-14(16(12)4)15-11-6-5-10(17(19)20)7-9(11)3/h5-8,12H,1-4H3/t12-/m0/s1. The van der Waals surface area contributed by atoms with Gasteiger partial charge in [-0.1, -0.05) is 13.8 Å². The van der Waals surface area contributed by atoms with Gasteiger partial charge in [-0.2, -0.15) is 4.99 Å². The second kappa shape index (κ2) is 5.51. The molecule has 112 valence electrons. The lowest BCUT2D eigenvalue weighted by Gasteiger charge is -2.19. The van der Waals surface area contributed by atoms with Gasteiger partial charge in [0.15, 0.2) is 0 Å². The monoisotopic (exact) mass is 291 g/mol. The van der Waals surface area contributed by atoms with Gasteiger partial charge in [-0.3, -0.25) is 10.1 Å². The van der Waals surface area contributed by atoms with Crippen molar-refractivity contribution in [1.82, 2.24) is 4.90 Å². The summed E-state index contributed by atoms with van der Waals surface area (Å²) >= 11 is 0. The molecule has 0 aliphatic carbocycles. The summed E-state index contributed by atoms with van der Waals surface area (Å²) in [4.78, 5) is 28.1. The second-order valence-electron chi connectivity index (χ2n) is 5.34. The fourth-order valence-corrected chi connectivity index (χ4v) is 2.30. The molecule has 0 saturated carbocycles. The van der Waals surface area contributed by atoms with Gasteiger partial charge in [0.05, 0.1) is 10.6 Å². The van der Waals surface area contributed by atoms with E-state index in [0.717, 1.165) is 0 Å². The van der Waals surface area contributed by atoms with Crippen LogP contribution in [0.1, 0.15) is 19.4 Å². The number of esters is 1. The van der Waals surface area contributed by atoms with Crippen LogP contribution in [-0.4, -0.2) is 34.9 Å². The van der Waals surface area contributed by atoms with Crippen LogP contribution >= 0.6 is 0 Å². The maximum absolute atomic E-state index is 11.8. The quantitative estimate of drug-likeness (QED) is 0.485. The number of non-ortho nitro benzene ring substituents is 1. The van der Waals surface area contributed by atoms with Gasteiger partial charge in [0.1, 0.15) is 6.04 Å². The van der Waals surface area contributed by atoms with Gasteiger partial charge in [0.2, 0.25) is 0 Å². The number of ether oxygens (including phenoxy) is 1. The molecule has 0 bridgehead atoms. The van der Waals surface area contributed by atoms with Crippen LogP contribution in [0.5, 0.6) is 0 Å². The molecule has 0 amide bonds. The van der Waals surface area contributed by atoms with E-state index in [1.807, 2.05) is 13.8 Å². The Morgan fingerprint density at radius 1 is 1.43 bits per heavy atom. The second-order valence-corrected chi connectivity index (χ2v) is 5.34. The smallest absolute Gasteiger partial charge is 0.336 e. The number of nitrogens with zero attached hydrogens (tertiary/aromatic N) is 3. The van der Waals surface area contributed by atoms with E-state index < -0.39 is 4.92 Å². The fraction of sp³-hybridized carbons (Fsp3) is 0.429. The molecule has 1 aromatic carbocycles. The Morgan fingerprint density at radius 2 is 2.10 bits per heavy atom. The zero-order valence-electron chi connectivity index (χ0n) is 12.4. The summed E-state index contributed by atoms with van der Waals surface area (Å²) in [5.41, 5.74) is 1.20. The van der Waals surface area contributed by atoms with E-state index in [0.29, 0.717) is 11.3 Å². The van der Waals surface area contributed by atoms with Crippen LogP contribution in [0.15, 0.2) is 23.2 Å². The van der Waals surface area contributed by atoms with E-state index in [1.54, 1.807) is 24.9 Å². The lowest BCUT2D eigenvalue weighted by atomic mass is 10.0. The van der Waals surface area contributed by atoms with Gasteiger partial charge in [0.25, 0.3) is 5.69 Å². The van der Waals surface area contributed by atoms with E-state index in [4.69, 9.17) is 4.74 Å². The molecular weight excluding hydrogens is 274 g/mol. The minimum atomic E-state index is -0.458. The molecule has 7 heteroatoms. The largest absolute Gasteiger partial charge is 0.391 e. The molecule has 1 fully saturated rings. The number of aliphatic imine (C=N–C) groups is 1. The number of nitro groups is 1. The average molecular weight is 291 g/mol. The molecule has 0 aromatic heterocycles. The number of rotatable bonds is 3. The summed E-state index contributed by atoms with van der Waals surface area (Å²) in [7, 11) is 1.75. The molecular formula is C14H17N3O4. The Balaban J connectivity index is 2.33. The Morgan fingerprint density at radius 3 is 2.57 bits per heavy atom. The lowest BCUT2D eigenvalue weighted by molar-refractivity contribution is -0.384. The maximum atomic E-state index is 11.8. The lowest BCUT2D eigenvalue weighted by Crippen LogP contribution is -2.36. The minimum Gasteiger partial charge on any atom is -0.391 e. The number of hydrogen-bond acceptors (Lipinski definition) is 5. The molecule has 1 aliphatic heterocycles. The SMILES string of the molecule is Cc1cc([N+](=O)[O-])ccc1N=C1OC(=O)[C@H](C(C)C)N1C. The highest BCUT2D eigenvalue weighted by Gasteiger charge is 2.39. The van der Waals surface area contributed by atoms with E-state index >= 15 is 0 Å². The highest BCUT2D eigenvalue weighted by Crippen LogP contribution is 2.26. The zero-order valence-corrected chi connectivity index (χ0v) is 12.4. The van der Waals surface area contributed by atoms with Gasteiger partial charge >= 0.3 is 12.0 Å². The van der Waals surface area contributed by atoms with Gasteiger partial charge in [-0.25, -0.2) is 4.79 Å². The number of carbonyl (C=O) groups is 1. The van der Waals surface area contributed by atoms with Crippen LogP contribution in [0, 0.1) is 23.0 Å². The van der Waals surface area contributed by atoms with Crippen LogP contribution in [0.2, 0.25) is 0 Å². The summed E-state index contributed by atoms with van der Waals surface area (Å²) in [6.07, 6.45) is 0. The van der Waals surface area contributed by atoms with Crippen molar-refractivity contribution < 1.29 is 14.5 Å². The Hall–Kier alpha value is -2.44. The van der Waals surface area contributed by atoms with Crippen molar-refractivity contribution in [2.75, 3.05) is 7.05 Å². The Kier molecular flexibility index (Phi) is 3.93. The first-order chi connectivity index (χ1) is 9.81. The molecule has 2 rings (SSSR count). The number of aryl methyl sites for hydroxylation is 1. The van der Waals surface area contributed by atoms with Gasteiger partial charge in [-0.15, -0.1) is 0 Å². The van der Waals surface area contributed by atoms with Crippen molar-refractivity contribution in [3.8, 4) is 0 Å². The third kappa shape index (κ3) is 2.86. The molecule has 1 aliphatic rings. The van der Waals surface area contributed by atoms with Crippen LogP contribution in [0.25, 0.3) is 0 Å². The van der Waals surface area contributed by atoms with Crippen molar-refractivity contribution in [3.05, 3.63) is 33.9 Å². The maximum Gasteiger partial charge on any atom is 0.336 e. The number of cyclic esters (lactones) is 1. The summed E-state index contributed by atoms with van der Waals surface area (Å²) < 4.78 is 5.19. The topological polar surface area (TPSA) is 85.0 Å². The summed E-state index contributed by atoms with van der Waals surface area (Å²) in [5.74, 6) is -0.223. The molecule has 0 spiro atoms. The summed E-state index contributed by atoms with van der Waals surface area (Å²) in [6.45, 7) is 5.59. The fourth-order valence-electron chi connectivity index (χ4n) is 2.30. The van der Waals surface area contributed by atoms with E-state index in [9.17, 15) is 14.9 Å². The van der Waals surface area contributed by atoms with Crippen molar-refractivity contribution in [2.45, 2.75) is 26.8 Å². The van der Waals surface area contributed by atoms with Gasteiger partial charge in [-0.05, 0) is 24.5 Å². The highest BCUT2D eigenvalue weighted by molar-refractivity contribution is 5.98. The van der Waals surface area contributed by atoms with Crippen LogP contribution in [0.4, 0.5) is 11.4 Å². The predicted octanol–water partition coefficient (Wildman–Crippen LogP) is 2.40. The van der Waals surface area contributed by atoms with Crippen LogP contribution < -0.4 is 0 Å². The molecule has 0 unspecified atom stereocenters. The van der Waals surface area contributed by atoms with Gasteiger partial charge < -0.3 is 9.64 Å². The number of nitro benzene ring substituents is 1. The van der Waals surface area contributed by atoms with Crippen molar-refractivity contribution in [2.24, 2.45) is 10.9 Å². The number of amidine groups is 1. The predicted molar refractivity (Wildman–Crippen MR) is 77.4 cm³/mol. The van der Waals surface area contributed by atoms with Gasteiger partial charge in [0, 0.05) is 19.2 Å². The van der Waals surface area contributed by atoms with E-state index in [1.165, 1.54) is 12.1 Å².